The molecule has 2 aliphatic rings. The topological polar surface area (TPSA) is 51.6 Å². The van der Waals surface area contributed by atoms with E-state index < -0.39 is 30.6 Å². The van der Waals surface area contributed by atoms with Gasteiger partial charge in [-0.25, -0.2) is 4.39 Å². The van der Waals surface area contributed by atoms with Gasteiger partial charge in [0.15, 0.2) is 0 Å². The number of aromatic nitrogens is 1. The number of hydrogen-bond donors (Lipinski definition) is 2. The Morgan fingerprint density at radius 2 is 1.97 bits per heavy atom. The number of benzene rings is 1. The summed E-state index contributed by atoms with van der Waals surface area (Å²) in [5, 5.41) is 13.0. The molecule has 2 atom stereocenters. The molecule has 2 aliphatic heterocycles. The van der Waals surface area contributed by atoms with Crippen molar-refractivity contribution in [3.8, 4) is 5.75 Å². The molecule has 1 aromatic heterocycles. The van der Waals surface area contributed by atoms with Crippen LogP contribution in [0.5, 0.6) is 5.75 Å². The molecule has 2 N–H and O–H groups in total. The highest BCUT2D eigenvalue weighted by molar-refractivity contribution is 5.47. The smallest absolute Gasteiger partial charge is 0.401 e. The summed E-state index contributed by atoms with van der Waals surface area (Å²) in [6, 6.07) is 4.23. The second kappa shape index (κ2) is 9.42. The van der Waals surface area contributed by atoms with Gasteiger partial charge in [-0.05, 0) is 43.0 Å². The highest BCUT2D eigenvalue weighted by atomic mass is 19.4. The van der Waals surface area contributed by atoms with Gasteiger partial charge in [-0.1, -0.05) is 6.07 Å². The Balaban J connectivity index is 1.58. The Morgan fingerprint density at radius 1 is 1.21 bits per heavy atom. The molecule has 10 heteroatoms. The van der Waals surface area contributed by atoms with E-state index >= 15 is 4.39 Å². The fraction of sp³-hybridized carbons (Fsp3) is 0.522. The maximum atomic E-state index is 15.2. The quantitative estimate of drug-likeness (QED) is 0.592. The van der Waals surface area contributed by atoms with E-state index in [0.717, 1.165) is 0 Å². The Kier molecular flexibility index (Phi) is 6.76. The molecule has 2 aromatic rings. The van der Waals surface area contributed by atoms with Gasteiger partial charge in [0.25, 0.3) is 0 Å². The molecule has 5 nitrogen and oxygen atoms in total. The monoisotopic (exact) mass is 470 g/mol. The van der Waals surface area contributed by atoms with Crippen LogP contribution in [0.4, 0.5) is 27.6 Å². The van der Waals surface area contributed by atoms with E-state index in [1.54, 1.807) is 6.92 Å². The van der Waals surface area contributed by atoms with Crippen LogP contribution in [0.3, 0.4) is 0 Å². The number of hydrogen-bond acceptors (Lipinski definition) is 5. The summed E-state index contributed by atoms with van der Waals surface area (Å²) in [5.41, 5.74) is 1.55. The molecule has 3 heterocycles. The van der Waals surface area contributed by atoms with E-state index in [1.165, 1.54) is 35.4 Å². The minimum atomic E-state index is -4.46. The molecule has 4 rings (SSSR count). The second-order valence-electron chi connectivity index (χ2n) is 8.86. The van der Waals surface area contributed by atoms with Crippen molar-refractivity contribution in [3.63, 3.8) is 0 Å². The number of fused-ring (bicyclic) bond motifs is 1. The van der Waals surface area contributed by atoms with Crippen LogP contribution < -0.4 is 5.32 Å². The van der Waals surface area contributed by atoms with Gasteiger partial charge in [0.2, 0.25) is 0 Å². The van der Waals surface area contributed by atoms with Gasteiger partial charge in [-0.3, -0.25) is 19.2 Å². The third-order valence-corrected chi connectivity index (χ3v) is 6.26. The van der Waals surface area contributed by atoms with Crippen LogP contribution in [0, 0.1) is 5.82 Å². The van der Waals surface area contributed by atoms with E-state index in [0.29, 0.717) is 49.3 Å². The molecular weight excluding hydrogens is 443 g/mol. The van der Waals surface area contributed by atoms with Gasteiger partial charge in [0.1, 0.15) is 11.6 Å². The fourth-order valence-corrected chi connectivity index (χ4v) is 4.75. The van der Waals surface area contributed by atoms with E-state index in [-0.39, 0.29) is 24.2 Å². The van der Waals surface area contributed by atoms with Crippen molar-refractivity contribution in [1.82, 2.24) is 14.8 Å². The lowest BCUT2D eigenvalue weighted by Gasteiger charge is -2.42. The van der Waals surface area contributed by atoms with Crippen molar-refractivity contribution in [1.29, 1.82) is 0 Å². The molecule has 0 amide bonds. The average Bonchev–Trinajstić information content (AvgIpc) is 2.70. The number of nitrogens with zero attached hydrogens (tertiary/aromatic N) is 3. The van der Waals surface area contributed by atoms with Crippen LogP contribution in [0.25, 0.3) is 0 Å². The molecule has 0 saturated carbocycles. The van der Waals surface area contributed by atoms with E-state index in [4.69, 9.17) is 0 Å². The zero-order valence-corrected chi connectivity index (χ0v) is 18.2. The number of halogens is 5. The average molecular weight is 470 g/mol. The first-order valence-electron chi connectivity index (χ1n) is 11.0. The third kappa shape index (κ3) is 5.38. The lowest BCUT2D eigenvalue weighted by atomic mass is 9.86. The van der Waals surface area contributed by atoms with Crippen LogP contribution in [0.1, 0.15) is 36.2 Å². The highest BCUT2D eigenvalue weighted by Gasteiger charge is 2.42. The first-order valence-corrected chi connectivity index (χ1v) is 11.0. The van der Waals surface area contributed by atoms with Gasteiger partial charge in [-0.15, -0.1) is 0 Å². The van der Waals surface area contributed by atoms with Crippen LogP contribution >= 0.6 is 0 Å². The van der Waals surface area contributed by atoms with Gasteiger partial charge < -0.3 is 10.4 Å². The Bertz CT molecular complexity index is 980. The maximum absolute atomic E-state index is 15.2. The molecule has 0 radical (unpaired) electrons. The molecule has 180 valence electrons. The summed E-state index contributed by atoms with van der Waals surface area (Å²) < 4.78 is 67.6. The number of pyridine rings is 1. The number of aromatic hydroxyl groups is 1. The van der Waals surface area contributed by atoms with Gasteiger partial charge >= 0.3 is 6.18 Å². The third-order valence-electron chi connectivity index (χ3n) is 6.26. The first-order chi connectivity index (χ1) is 15.6. The molecule has 1 aromatic carbocycles. The SMILES string of the molecule is C[C@@H]1Cc2cc(O)ccc2[C@@H](c2ncc(NC3CN(CCCF)C3)cc2F)N1CC(F)(F)F. The summed E-state index contributed by atoms with van der Waals surface area (Å²) in [5.74, 6) is -0.683. The Morgan fingerprint density at radius 3 is 2.64 bits per heavy atom. The molecule has 0 aliphatic carbocycles. The van der Waals surface area contributed by atoms with Crippen molar-refractivity contribution in [2.45, 2.75) is 44.1 Å². The van der Waals surface area contributed by atoms with Gasteiger partial charge in [0, 0.05) is 31.7 Å². The number of anilines is 1. The summed E-state index contributed by atoms with van der Waals surface area (Å²) in [4.78, 5) is 7.54. The van der Waals surface area contributed by atoms with Crippen LogP contribution in [-0.4, -0.2) is 71.0 Å². The fourth-order valence-electron chi connectivity index (χ4n) is 4.75. The summed E-state index contributed by atoms with van der Waals surface area (Å²) in [7, 11) is 0. The largest absolute Gasteiger partial charge is 0.508 e. The van der Waals surface area contributed by atoms with Crippen LogP contribution in [0.15, 0.2) is 30.5 Å². The Labute approximate surface area is 189 Å². The number of nitrogens with one attached hydrogen (secondary N) is 1. The molecule has 33 heavy (non-hydrogen) atoms. The molecule has 0 unspecified atom stereocenters. The van der Waals surface area contributed by atoms with Crippen molar-refractivity contribution in [3.05, 3.63) is 53.1 Å². The number of phenols is 1. The minimum absolute atomic E-state index is 0.0120. The van der Waals surface area contributed by atoms with Crippen LogP contribution in [-0.2, 0) is 6.42 Å². The predicted octanol–water partition coefficient (Wildman–Crippen LogP) is 4.28. The summed E-state index contributed by atoms with van der Waals surface area (Å²) in [6.45, 7) is 2.19. The first kappa shape index (κ1) is 23.7. The highest BCUT2D eigenvalue weighted by Crippen LogP contribution is 2.41. The lowest BCUT2D eigenvalue weighted by molar-refractivity contribution is -0.155. The lowest BCUT2D eigenvalue weighted by Crippen LogP contribution is -2.54. The van der Waals surface area contributed by atoms with Crippen molar-refractivity contribution in [2.75, 3.05) is 38.2 Å². The molecule has 0 bridgehead atoms. The standard InChI is InChI=1S/C23H27F5N4O/c1-14-7-15-8-18(33)3-4-19(15)22(32(14)13-23(26,27)28)21-20(25)9-16(10-29-21)30-17-11-31(12-17)6-2-5-24/h3-4,8-10,14,17,22,30,33H,2,5-7,11-13H2,1H3/t14-,22+/m1/s1. The van der Waals surface area contributed by atoms with Crippen molar-refractivity contribution >= 4 is 5.69 Å². The summed E-state index contributed by atoms with van der Waals surface area (Å²) in [6.07, 6.45) is -2.24. The minimum Gasteiger partial charge on any atom is -0.508 e. The van der Waals surface area contributed by atoms with Crippen molar-refractivity contribution in [2.24, 2.45) is 0 Å². The second-order valence-corrected chi connectivity index (χ2v) is 8.86. The number of likely N-dealkylation sites (tertiary alicyclic amines) is 1. The number of phenolic OH excluding ortho intramolecular Hbond substituents is 1. The molecular formula is C23H27F5N4O. The predicted molar refractivity (Wildman–Crippen MR) is 115 cm³/mol. The van der Waals surface area contributed by atoms with Gasteiger partial charge in [0.05, 0.1) is 42.9 Å². The summed E-state index contributed by atoms with van der Waals surface area (Å²) >= 11 is 0. The maximum Gasteiger partial charge on any atom is 0.401 e. The molecule has 1 saturated heterocycles. The molecule has 0 spiro atoms. The van der Waals surface area contributed by atoms with E-state index in [2.05, 4.69) is 15.2 Å². The van der Waals surface area contributed by atoms with Gasteiger partial charge in [-0.2, -0.15) is 13.2 Å². The van der Waals surface area contributed by atoms with Crippen molar-refractivity contribution < 1.29 is 27.1 Å². The van der Waals surface area contributed by atoms with E-state index in [9.17, 15) is 22.7 Å². The zero-order valence-electron chi connectivity index (χ0n) is 18.2. The zero-order chi connectivity index (χ0) is 23.8. The molecule has 1 fully saturated rings. The normalized spacial score (nSPS) is 22.1. The Hall–Kier alpha value is -2.46. The number of rotatable bonds is 7. The van der Waals surface area contributed by atoms with Crippen LogP contribution in [0.2, 0.25) is 0 Å². The number of alkyl halides is 4. The van der Waals surface area contributed by atoms with E-state index in [1.807, 2.05) is 0 Å².